The molecule has 0 radical (unpaired) electrons. The molecule has 33 heavy (non-hydrogen) atoms. The summed E-state index contributed by atoms with van der Waals surface area (Å²) in [5.41, 5.74) is 0.549. The standard InChI is InChI=1S/C27H28O4Si2/c1-32(28-24-15-7-3-8-16-24,29-25-17-9-4-10-18-25)23-33(2,30-26-19-11-5-12-20-26)31-27-21-13-6-14-22-27/h3-22H,23H2,1-2H3. The minimum absolute atomic E-state index is 0.549. The highest BCUT2D eigenvalue weighted by atomic mass is 28.4. The van der Waals surface area contributed by atoms with Gasteiger partial charge in [-0.05, 0) is 48.5 Å². The lowest BCUT2D eigenvalue weighted by atomic mass is 10.3. The maximum Gasteiger partial charge on any atom is 0.461 e. The summed E-state index contributed by atoms with van der Waals surface area (Å²) in [6.45, 7) is 4.14. The fourth-order valence-electron chi connectivity index (χ4n) is 3.72. The van der Waals surface area contributed by atoms with Gasteiger partial charge in [-0.25, -0.2) is 0 Å². The van der Waals surface area contributed by atoms with E-state index in [0.717, 1.165) is 23.0 Å². The lowest BCUT2D eigenvalue weighted by Crippen LogP contribution is -2.58. The van der Waals surface area contributed by atoms with Crippen molar-refractivity contribution in [3.05, 3.63) is 121 Å². The molecule has 0 atom stereocenters. The van der Waals surface area contributed by atoms with Crippen LogP contribution < -0.4 is 17.7 Å². The lowest BCUT2D eigenvalue weighted by molar-refractivity contribution is 0.364. The molecule has 4 aromatic rings. The Bertz CT molecular complexity index is 936. The minimum Gasteiger partial charge on any atom is -0.512 e. The molecule has 168 valence electrons. The molecule has 4 nitrogen and oxygen atoms in total. The summed E-state index contributed by atoms with van der Waals surface area (Å²) in [6, 6.07) is 39.2. The third-order valence-corrected chi connectivity index (χ3v) is 12.8. The largest absolute Gasteiger partial charge is 0.512 e. The molecule has 0 aliphatic heterocycles. The van der Waals surface area contributed by atoms with Gasteiger partial charge in [0.15, 0.2) is 0 Å². The average molecular weight is 473 g/mol. The highest BCUT2D eigenvalue weighted by Gasteiger charge is 2.51. The van der Waals surface area contributed by atoms with Gasteiger partial charge in [0.2, 0.25) is 0 Å². The van der Waals surface area contributed by atoms with E-state index in [2.05, 4.69) is 13.1 Å². The van der Waals surface area contributed by atoms with Gasteiger partial charge >= 0.3 is 17.1 Å². The second kappa shape index (κ2) is 10.4. The molecule has 0 aliphatic carbocycles. The van der Waals surface area contributed by atoms with Crippen LogP contribution in [-0.4, -0.2) is 17.1 Å². The number of rotatable bonds is 10. The van der Waals surface area contributed by atoms with E-state index in [4.69, 9.17) is 17.7 Å². The summed E-state index contributed by atoms with van der Waals surface area (Å²) in [6.07, 6.45) is 0. The van der Waals surface area contributed by atoms with E-state index in [-0.39, 0.29) is 0 Å². The van der Waals surface area contributed by atoms with Crippen molar-refractivity contribution in [2.24, 2.45) is 0 Å². The Morgan fingerprint density at radius 3 is 0.818 bits per heavy atom. The number of benzene rings is 4. The molecule has 0 aromatic heterocycles. The van der Waals surface area contributed by atoms with Crippen molar-refractivity contribution in [2.45, 2.75) is 18.8 Å². The Balaban J connectivity index is 1.67. The van der Waals surface area contributed by atoms with Gasteiger partial charge in [0.1, 0.15) is 23.0 Å². The first-order valence-corrected chi connectivity index (χ1v) is 16.0. The Labute approximate surface area is 197 Å². The Kier molecular flexibility index (Phi) is 7.17. The second-order valence-corrected chi connectivity index (χ2v) is 14.9. The van der Waals surface area contributed by atoms with Crippen LogP contribution in [0.25, 0.3) is 0 Å². The van der Waals surface area contributed by atoms with Crippen molar-refractivity contribution < 1.29 is 17.7 Å². The van der Waals surface area contributed by atoms with E-state index in [1.54, 1.807) is 0 Å². The van der Waals surface area contributed by atoms with Crippen LogP contribution in [0, 0.1) is 0 Å². The molecule has 0 amide bonds. The topological polar surface area (TPSA) is 36.9 Å². The molecule has 4 rings (SSSR count). The van der Waals surface area contributed by atoms with Crippen LogP contribution in [0.15, 0.2) is 121 Å². The zero-order chi connectivity index (χ0) is 23.0. The monoisotopic (exact) mass is 472 g/mol. The Morgan fingerprint density at radius 2 is 0.606 bits per heavy atom. The lowest BCUT2D eigenvalue weighted by Gasteiger charge is -2.35. The van der Waals surface area contributed by atoms with Crippen molar-refractivity contribution in [3.8, 4) is 23.0 Å². The molecule has 0 N–H and O–H groups in total. The first-order chi connectivity index (χ1) is 16.0. The molecule has 0 saturated carbocycles. The zero-order valence-electron chi connectivity index (χ0n) is 18.9. The van der Waals surface area contributed by atoms with Crippen LogP contribution in [0.4, 0.5) is 0 Å². The van der Waals surface area contributed by atoms with Crippen molar-refractivity contribution in [3.63, 3.8) is 0 Å². The SMILES string of the molecule is C[Si](C[Si](C)(Oc1ccccc1)Oc1ccccc1)(Oc1ccccc1)Oc1ccccc1. The normalized spacial score (nSPS) is 11.5. The number of hydrogen-bond acceptors (Lipinski definition) is 4. The van der Waals surface area contributed by atoms with E-state index in [9.17, 15) is 0 Å². The van der Waals surface area contributed by atoms with Crippen molar-refractivity contribution in [1.29, 1.82) is 0 Å². The summed E-state index contributed by atoms with van der Waals surface area (Å²) in [4.78, 5) is 0. The molecule has 0 fully saturated rings. The van der Waals surface area contributed by atoms with E-state index in [1.165, 1.54) is 0 Å². The van der Waals surface area contributed by atoms with E-state index in [0.29, 0.717) is 5.67 Å². The highest BCUT2D eigenvalue weighted by molar-refractivity contribution is 6.86. The van der Waals surface area contributed by atoms with Gasteiger partial charge in [-0.2, -0.15) is 0 Å². The van der Waals surface area contributed by atoms with Gasteiger partial charge in [-0.3, -0.25) is 0 Å². The third-order valence-electron chi connectivity index (χ3n) is 4.95. The summed E-state index contributed by atoms with van der Waals surface area (Å²) < 4.78 is 26.3. The highest BCUT2D eigenvalue weighted by Crippen LogP contribution is 2.30. The summed E-state index contributed by atoms with van der Waals surface area (Å²) >= 11 is 0. The molecule has 0 heterocycles. The molecule has 0 aliphatic rings. The Morgan fingerprint density at radius 1 is 0.394 bits per heavy atom. The Hall–Kier alpha value is -3.49. The molecule has 0 unspecified atom stereocenters. The van der Waals surface area contributed by atoms with Crippen molar-refractivity contribution >= 4 is 17.1 Å². The minimum atomic E-state index is -2.86. The van der Waals surface area contributed by atoms with Gasteiger partial charge in [0.25, 0.3) is 0 Å². The van der Waals surface area contributed by atoms with Crippen LogP contribution in [0.2, 0.25) is 18.8 Å². The molecule has 6 heteroatoms. The van der Waals surface area contributed by atoms with Crippen LogP contribution in [0.1, 0.15) is 0 Å². The van der Waals surface area contributed by atoms with Gasteiger partial charge in [0, 0.05) is 13.1 Å². The summed E-state index contributed by atoms with van der Waals surface area (Å²) in [5.74, 6) is 3.11. The van der Waals surface area contributed by atoms with Gasteiger partial charge in [-0.1, -0.05) is 72.8 Å². The van der Waals surface area contributed by atoms with Gasteiger partial charge in [0.05, 0.1) is 5.67 Å². The first kappa shape index (κ1) is 22.7. The second-order valence-electron chi connectivity index (χ2n) is 8.10. The smallest absolute Gasteiger partial charge is 0.461 e. The predicted octanol–water partition coefficient (Wildman–Crippen LogP) is 6.99. The van der Waals surface area contributed by atoms with E-state index < -0.39 is 17.1 Å². The fraction of sp³-hybridized carbons (Fsp3) is 0.111. The maximum atomic E-state index is 6.57. The molecule has 4 aromatic carbocycles. The zero-order valence-corrected chi connectivity index (χ0v) is 20.9. The van der Waals surface area contributed by atoms with Gasteiger partial charge in [-0.15, -0.1) is 0 Å². The van der Waals surface area contributed by atoms with Crippen LogP contribution in [0.5, 0.6) is 23.0 Å². The van der Waals surface area contributed by atoms with Crippen LogP contribution in [0.3, 0.4) is 0 Å². The first-order valence-electron chi connectivity index (χ1n) is 11.0. The molecular formula is C27H28O4Si2. The molecule has 0 bridgehead atoms. The number of para-hydroxylation sites is 4. The quantitative estimate of drug-likeness (QED) is 0.233. The van der Waals surface area contributed by atoms with Crippen molar-refractivity contribution in [2.75, 3.05) is 0 Å². The summed E-state index contributed by atoms with van der Waals surface area (Å²) in [5, 5.41) is 0. The summed E-state index contributed by atoms with van der Waals surface area (Å²) in [7, 11) is -5.72. The molecule has 0 saturated heterocycles. The van der Waals surface area contributed by atoms with Crippen molar-refractivity contribution in [1.82, 2.24) is 0 Å². The average Bonchev–Trinajstić information content (AvgIpc) is 2.81. The molecule has 0 spiro atoms. The predicted molar refractivity (Wildman–Crippen MR) is 136 cm³/mol. The van der Waals surface area contributed by atoms with Crippen LogP contribution >= 0.6 is 0 Å². The van der Waals surface area contributed by atoms with E-state index in [1.807, 2.05) is 121 Å². The van der Waals surface area contributed by atoms with E-state index >= 15 is 0 Å². The fourth-order valence-corrected chi connectivity index (χ4v) is 12.2. The molecular weight excluding hydrogens is 444 g/mol. The van der Waals surface area contributed by atoms with Gasteiger partial charge < -0.3 is 17.7 Å². The number of hydrogen-bond donors (Lipinski definition) is 0. The maximum absolute atomic E-state index is 6.57. The van der Waals surface area contributed by atoms with Crippen LogP contribution in [-0.2, 0) is 0 Å². The third kappa shape index (κ3) is 6.75.